The molecule has 19 nitrogen and oxygen atoms in total. The third kappa shape index (κ3) is 21.6. The van der Waals surface area contributed by atoms with Crippen molar-refractivity contribution in [2.24, 2.45) is 10.8 Å². The summed E-state index contributed by atoms with van der Waals surface area (Å²) in [5.41, 5.74) is 11.1. The van der Waals surface area contributed by atoms with Gasteiger partial charge in [-0.05, 0) is 198 Å². The maximum absolute atomic E-state index is 13.0. The molecule has 7 aromatic carbocycles. The molecular weight excluding hydrogens is 1290 g/mol. The van der Waals surface area contributed by atoms with Gasteiger partial charge < -0.3 is 75.9 Å². The summed E-state index contributed by atoms with van der Waals surface area (Å²) < 4.78 is 83.7. The van der Waals surface area contributed by atoms with Gasteiger partial charge in [0.05, 0.1) is 90.4 Å². The number of hydrogen-bond acceptors (Lipinski definition) is 19. The van der Waals surface area contributed by atoms with Crippen molar-refractivity contribution >= 4 is 11.9 Å². The Morgan fingerprint density at radius 3 is 1.20 bits per heavy atom. The SMILES string of the molecule is C.C.C.C.CC1c2cc(OCOCCCCOCC3CO3)ccc2-c2ccc(OC(=O)c3ccc(OCCCCOCC4CO4)cc3)cc21.CCC1(COCOc2ccc(COOc3ccc4c(c3)C(C)c3cc(OC(=O)c5ccc(OCOCC6(CC)COC6)cc5)ccc3-4)cc2)COC1. The molecule has 4 atom stereocenters. The first-order valence-electron chi connectivity index (χ1n) is 33.9. The standard InChI is InChI=1S/C42H46O10.C36H42O9.4CH4/c1-4-41(21-44-22-41)25-46-27-48-32-10-6-30(7-11-32)20-50-52-35-15-17-37-36-16-14-34(18-38(36)29(3)39(37)19-35)51-40(43)31-8-12-33(13-9-31)49-28-47-26-42(5-2)23-45-24-42;1-25-34-18-28(44-24-40-16-3-2-14-38-20-30-22-42-30)10-12-32(34)33-13-11-29(19-35(25)33)45-36(37)26-6-8-27(9-7-26)41-17-5-4-15-39-21-31-23-43-31;;;;/h6-19,29H,4-5,20-28H2,1-3H3;6-13,18-19,25,30-31H,2-5,14-17,20-24H2,1H3;4*1H4. The van der Waals surface area contributed by atoms with E-state index in [0.717, 1.165) is 147 Å². The third-order valence-electron chi connectivity index (χ3n) is 18.5. The van der Waals surface area contributed by atoms with Crippen molar-refractivity contribution in [3.05, 3.63) is 185 Å². The summed E-state index contributed by atoms with van der Waals surface area (Å²) in [5, 5.41) is 0. The van der Waals surface area contributed by atoms with Crippen molar-refractivity contribution in [2.45, 2.75) is 127 Å². The lowest BCUT2D eigenvalue weighted by atomic mass is 9.84. The van der Waals surface area contributed by atoms with Crippen molar-refractivity contribution < 1.29 is 90.4 Å². The summed E-state index contributed by atoms with van der Waals surface area (Å²) in [6, 6.07) is 45.2. The van der Waals surface area contributed by atoms with Gasteiger partial charge in [0.1, 0.15) is 53.3 Å². The molecule has 0 bridgehead atoms. The number of ether oxygens (including phenoxy) is 15. The molecule has 0 amide bonds. The van der Waals surface area contributed by atoms with E-state index in [9.17, 15) is 9.59 Å². The van der Waals surface area contributed by atoms with Gasteiger partial charge in [-0.3, -0.25) is 0 Å². The molecular formula is C82H104O19. The lowest BCUT2D eigenvalue weighted by Gasteiger charge is -2.40. The number of benzene rings is 7. The van der Waals surface area contributed by atoms with Gasteiger partial charge in [-0.15, -0.1) is 0 Å². The van der Waals surface area contributed by atoms with Gasteiger partial charge in [-0.2, -0.15) is 4.89 Å². The topological polar surface area (TPSA) is 198 Å². The zero-order valence-corrected chi connectivity index (χ0v) is 55.9. The molecule has 4 unspecified atom stereocenters. The molecule has 2 aliphatic carbocycles. The molecule has 7 aromatic rings. The fourth-order valence-electron chi connectivity index (χ4n) is 11.9. The van der Waals surface area contributed by atoms with Crippen LogP contribution in [0.25, 0.3) is 22.3 Å². The third-order valence-corrected chi connectivity index (χ3v) is 18.5. The number of fused-ring (bicyclic) bond motifs is 6. The Bertz CT molecular complexity index is 3680. The first-order valence-corrected chi connectivity index (χ1v) is 33.9. The van der Waals surface area contributed by atoms with Crippen LogP contribution in [0.3, 0.4) is 0 Å². The smallest absolute Gasteiger partial charge is 0.343 e. The van der Waals surface area contributed by atoms with Gasteiger partial charge in [0.15, 0.2) is 26.1 Å². The predicted octanol–water partition coefficient (Wildman–Crippen LogP) is 16.8. The molecule has 4 fully saturated rings. The van der Waals surface area contributed by atoms with Crippen LogP contribution in [0, 0.1) is 10.8 Å². The van der Waals surface area contributed by atoms with Gasteiger partial charge in [0.2, 0.25) is 0 Å². The average Bonchev–Trinajstić information content (AvgIpc) is 1.62. The highest BCUT2D eigenvalue weighted by Gasteiger charge is 2.38. The molecule has 4 saturated heterocycles. The van der Waals surface area contributed by atoms with Crippen LogP contribution in [-0.2, 0) is 54.1 Å². The maximum atomic E-state index is 13.0. The average molecular weight is 1390 g/mol. The van der Waals surface area contributed by atoms with E-state index in [1.54, 1.807) is 48.5 Å². The van der Waals surface area contributed by atoms with Crippen molar-refractivity contribution in [1.82, 2.24) is 0 Å². The molecule has 0 saturated carbocycles. The van der Waals surface area contributed by atoms with Gasteiger partial charge >= 0.3 is 11.9 Å². The number of hydrogen-bond donors (Lipinski definition) is 0. The second kappa shape index (κ2) is 38.4. The lowest BCUT2D eigenvalue weighted by Crippen LogP contribution is -2.45. The number of epoxide rings is 2. The molecule has 4 aliphatic heterocycles. The Hall–Kier alpha value is -7.92. The van der Waals surface area contributed by atoms with Crippen LogP contribution < -0.4 is 33.3 Å². The highest BCUT2D eigenvalue weighted by molar-refractivity contribution is 5.92. The molecule has 13 rings (SSSR count). The van der Waals surface area contributed by atoms with Gasteiger partial charge in [0.25, 0.3) is 0 Å². The van der Waals surface area contributed by atoms with Crippen LogP contribution in [0.2, 0.25) is 0 Å². The van der Waals surface area contributed by atoms with E-state index in [2.05, 4.69) is 39.8 Å². The Morgan fingerprint density at radius 1 is 0.416 bits per heavy atom. The molecule has 6 aliphatic rings. The van der Waals surface area contributed by atoms with Crippen LogP contribution in [0.4, 0.5) is 0 Å². The Balaban J connectivity index is 0.000000249. The minimum atomic E-state index is -0.440. The molecule has 19 heteroatoms. The van der Waals surface area contributed by atoms with E-state index in [0.29, 0.717) is 92.6 Å². The predicted molar refractivity (Wildman–Crippen MR) is 387 cm³/mol. The molecule has 101 heavy (non-hydrogen) atoms. The number of carbonyl (C=O) groups excluding carboxylic acids is 2. The van der Waals surface area contributed by atoms with Crippen molar-refractivity contribution in [3.63, 3.8) is 0 Å². The van der Waals surface area contributed by atoms with E-state index in [1.165, 1.54) is 5.56 Å². The summed E-state index contributed by atoms with van der Waals surface area (Å²) in [6.07, 6.45) is 6.35. The molecule has 0 aromatic heterocycles. The van der Waals surface area contributed by atoms with Crippen LogP contribution in [0.15, 0.2) is 146 Å². The number of rotatable bonds is 38. The van der Waals surface area contributed by atoms with E-state index in [4.69, 9.17) is 80.8 Å². The zero-order valence-electron chi connectivity index (χ0n) is 55.9. The van der Waals surface area contributed by atoms with Gasteiger partial charge in [-0.25, -0.2) is 9.59 Å². The van der Waals surface area contributed by atoms with E-state index < -0.39 is 11.9 Å². The zero-order chi connectivity index (χ0) is 66.8. The van der Waals surface area contributed by atoms with Gasteiger partial charge in [-0.1, -0.05) is 93.8 Å². The van der Waals surface area contributed by atoms with Crippen LogP contribution >= 0.6 is 0 Å². The second-order valence-electron chi connectivity index (χ2n) is 25.7. The van der Waals surface area contributed by atoms with Crippen LogP contribution in [0.1, 0.15) is 156 Å². The quantitative estimate of drug-likeness (QED) is 0.00673. The first-order chi connectivity index (χ1) is 47.5. The van der Waals surface area contributed by atoms with E-state index in [1.807, 2.05) is 84.9 Å². The molecule has 4 heterocycles. The van der Waals surface area contributed by atoms with Crippen LogP contribution in [0.5, 0.6) is 40.2 Å². The van der Waals surface area contributed by atoms with Crippen LogP contribution in [-0.4, -0.2) is 137 Å². The normalized spacial score (nSPS) is 17.6. The van der Waals surface area contributed by atoms with Crippen molar-refractivity contribution in [3.8, 4) is 62.5 Å². The van der Waals surface area contributed by atoms with E-state index in [-0.39, 0.29) is 79.4 Å². The summed E-state index contributed by atoms with van der Waals surface area (Å²) in [6.45, 7) is 19.3. The molecule has 546 valence electrons. The van der Waals surface area contributed by atoms with Gasteiger partial charge in [0, 0.05) is 35.9 Å². The highest BCUT2D eigenvalue weighted by Crippen LogP contribution is 2.49. The summed E-state index contributed by atoms with van der Waals surface area (Å²) in [5.74, 6) is 3.81. The fourth-order valence-corrected chi connectivity index (χ4v) is 11.9. The Morgan fingerprint density at radius 2 is 0.772 bits per heavy atom. The van der Waals surface area contributed by atoms with Crippen molar-refractivity contribution in [1.29, 1.82) is 0 Å². The van der Waals surface area contributed by atoms with Crippen molar-refractivity contribution in [2.75, 3.05) is 113 Å². The lowest BCUT2D eigenvalue weighted by molar-refractivity contribution is -0.217. The number of esters is 2. The molecule has 0 spiro atoms. The monoisotopic (exact) mass is 1390 g/mol. The Labute approximate surface area is 597 Å². The highest BCUT2D eigenvalue weighted by atomic mass is 17.2. The summed E-state index contributed by atoms with van der Waals surface area (Å²) in [7, 11) is 0. The number of carbonyl (C=O) groups is 2. The molecule has 0 N–H and O–H groups in total. The Kier molecular flexibility index (Phi) is 29.9. The largest absolute Gasteiger partial charge is 0.494 e. The maximum Gasteiger partial charge on any atom is 0.343 e. The minimum Gasteiger partial charge on any atom is -0.494 e. The summed E-state index contributed by atoms with van der Waals surface area (Å²) >= 11 is 0. The van der Waals surface area contributed by atoms with E-state index >= 15 is 0 Å². The first kappa shape index (κ1) is 78.8. The molecule has 0 radical (unpaired) electrons. The second-order valence-corrected chi connectivity index (χ2v) is 25.7. The fraction of sp³-hybridized carbons (Fsp3) is 0.463. The summed E-state index contributed by atoms with van der Waals surface area (Å²) in [4.78, 5) is 37.2. The number of unbranched alkanes of at least 4 members (excludes halogenated alkanes) is 2. The minimum absolute atomic E-state index is 0.